The maximum atomic E-state index is 12.9. The largest absolute Gasteiger partial charge is 0.396 e. The van der Waals surface area contributed by atoms with E-state index < -0.39 is 0 Å². The van der Waals surface area contributed by atoms with E-state index in [0.29, 0.717) is 19.1 Å². The Bertz CT molecular complexity index is 310. The van der Waals surface area contributed by atoms with Crippen molar-refractivity contribution in [2.75, 3.05) is 19.8 Å². The van der Waals surface area contributed by atoms with Gasteiger partial charge in [-0.15, -0.1) is 0 Å². The number of benzene rings is 1. The van der Waals surface area contributed by atoms with Gasteiger partial charge in [0.1, 0.15) is 5.82 Å². The van der Waals surface area contributed by atoms with Crippen LogP contribution in [0.1, 0.15) is 11.5 Å². The van der Waals surface area contributed by atoms with E-state index in [0.717, 1.165) is 5.56 Å². The number of ether oxygens (including phenoxy) is 1. The fourth-order valence-electron chi connectivity index (χ4n) is 1.75. The summed E-state index contributed by atoms with van der Waals surface area (Å²) in [6, 6.07) is 6.42. The average Bonchev–Trinajstić information content (AvgIpc) is 2.10. The number of aliphatic hydroxyl groups excluding tert-OH is 1. The van der Waals surface area contributed by atoms with Gasteiger partial charge in [0.05, 0.1) is 19.8 Å². The topological polar surface area (TPSA) is 29.5 Å². The zero-order chi connectivity index (χ0) is 9.97. The van der Waals surface area contributed by atoms with Crippen LogP contribution in [0.2, 0.25) is 0 Å². The van der Waals surface area contributed by atoms with Crippen molar-refractivity contribution in [3.05, 3.63) is 35.6 Å². The molecule has 1 fully saturated rings. The minimum Gasteiger partial charge on any atom is -0.396 e. The summed E-state index contributed by atoms with van der Waals surface area (Å²) >= 11 is 0. The molecule has 1 aliphatic heterocycles. The molecule has 76 valence electrons. The highest BCUT2D eigenvalue weighted by Crippen LogP contribution is 2.29. The Morgan fingerprint density at radius 3 is 2.79 bits per heavy atom. The summed E-state index contributed by atoms with van der Waals surface area (Å²) in [5, 5.41) is 9.23. The Kier molecular flexibility index (Phi) is 2.79. The molecule has 0 saturated carbocycles. The van der Waals surface area contributed by atoms with E-state index in [1.54, 1.807) is 6.07 Å². The molecule has 14 heavy (non-hydrogen) atoms. The lowest BCUT2D eigenvalue weighted by Gasteiger charge is -2.32. The van der Waals surface area contributed by atoms with Crippen LogP contribution in [0, 0.1) is 11.7 Å². The van der Waals surface area contributed by atoms with Crippen molar-refractivity contribution >= 4 is 0 Å². The maximum absolute atomic E-state index is 12.9. The molecule has 1 heterocycles. The fourth-order valence-corrected chi connectivity index (χ4v) is 1.75. The van der Waals surface area contributed by atoms with Crippen molar-refractivity contribution in [2.24, 2.45) is 5.92 Å². The van der Waals surface area contributed by atoms with Crippen LogP contribution in [-0.4, -0.2) is 24.9 Å². The van der Waals surface area contributed by atoms with E-state index >= 15 is 0 Å². The van der Waals surface area contributed by atoms with Crippen LogP contribution in [0.4, 0.5) is 4.39 Å². The molecule has 2 nitrogen and oxygen atoms in total. The first-order valence-electron chi connectivity index (χ1n) is 4.75. The van der Waals surface area contributed by atoms with Crippen molar-refractivity contribution in [1.82, 2.24) is 0 Å². The highest BCUT2D eigenvalue weighted by molar-refractivity contribution is 5.22. The van der Waals surface area contributed by atoms with Crippen molar-refractivity contribution in [2.45, 2.75) is 5.92 Å². The van der Waals surface area contributed by atoms with Crippen LogP contribution in [0.15, 0.2) is 24.3 Å². The third-order valence-electron chi connectivity index (χ3n) is 2.71. The average molecular weight is 196 g/mol. The van der Waals surface area contributed by atoms with Crippen LogP contribution >= 0.6 is 0 Å². The molecule has 0 aliphatic carbocycles. The van der Waals surface area contributed by atoms with Gasteiger partial charge in [0.2, 0.25) is 0 Å². The molecule has 1 unspecified atom stereocenters. The van der Waals surface area contributed by atoms with Crippen molar-refractivity contribution in [3.63, 3.8) is 0 Å². The van der Waals surface area contributed by atoms with Gasteiger partial charge in [-0.1, -0.05) is 12.1 Å². The molecule has 0 spiro atoms. The summed E-state index contributed by atoms with van der Waals surface area (Å²) in [4.78, 5) is 0. The van der Waals surface area contributed by atoms with Gasteiger partial charge in [0.25, 0.3) is 0 Å². The number of halogens is 1. The second-order valence-corrected chi connectivity index (χ2v) is 3.64. The molecular weight excluding hydrogens is 183 g/mol. The summed E-state index contributed by atoms with van der Waals surface area (Å²) in [5.41, 5.74) is 0.862. The first kappa shape index (κ1) is 9.62. The summed E-state index contributed by atoms with van der Waals surface area (Å²) in [7, 11) is 0. The van der Waals surface area contributed by atoms with Gasteiger partial charge in [-0.3, -0.25) is 0 Å². The third kappa shape index (κ3) is 1.79. The van der Waals surface area contributed by atoms with E-state index in [2.05, 4.69) is 0 Å². The smallest absolute Gasteiger partial charge is 0.123 e. The highest BCUT2D eigenvalue weighted by Gasteiger charge is 2.29. The van der Waals surface area contributed by atoms with E-state index in [1.165, 1.54) is 12.1 Å². The molecule has 3 heteroatoms. The SMILES string of the molecule is OCC(c1cccc(F)c1)C1COC1. The van der Waals surface area contributed by atoms with Crippen molar-refractivity contribution in [1.29, 1.82) is 0 Å². The Morgan fingerprint density at radius 1 is 1.50 bits per heavy atom. The Morgan fingerprint density at radius 2 is 2.29 bits per heavy atom. The van der Waals surface area contributed by atoms with E-state index in [9.17, 15) is 9.50 Å². The van der Waals surface area contributed by atoms with Crippen molar-refractivity contribution in [3.8, 4) is 0 Å². The minimum absolute atomic E-state index is 0.0134. The van der Waals surface area contributed by atoms with E-state index in [-0.39, 0.29) is 18.3 Å². The molecule has 1 atom stereocenters. The molecule has 1 aromatic carbocycles. The predicted molar refractivity (Wildman–Crippen MR) is 50.5 cm³/mol. The van der Waals surface area contributed by atoms with Gasteiger partial charge in [-0.05, 0) is 17.7 Å². The maximum Gasteiger partial charge on any atom is 0.123 e. The Hall–Kier alpha value is -0.930. The molecule has 0 radical (unpaired) electrons. The van der Waals surface area contributed by atoms with Gasteiger partial charge in [-0.2, -0.15) is 0 Å². The van der Waals surface area contributed by atoms with Gasteiger partial charge in [0.15, 0.2) is 0 Å². The molecule has 0 bridgehead atoms. The minimum atomic E-state index is -0.249. The zero-order valence-corrected chi connectivity index (χ0v) is 7.82. The molecule has 1 N–H and O–H groups in total. The van der Waals surface area contributed by atoms with Gasteiger partial charge >= 0.3 is 0 Å². The Labute approximate surface area is 82.3 Å². The van der Waals surface area contributed by atoms with E-state index in [1.807, 2.05) is 6.07 Å². The molecule has 0 aromatic heterocycles. The normalized spacial score (nSPS) is 19.0. The molecule has 2 rings (SSSR count). The third-order valence-corrected chi connectivity index (χ3v) is 2.71. The van der Waals surface area contributed by atoms with E-state index in [4.69, 9.17) is 4.74 Å². The number of hydrogen-bond acceptors (Lipinski definition) is 2. The highest BCUT2D eigenvalue weighted by atomic mass is 19.1. The first-order valence-corrected chi connectivity index (χ1v) is 4.75. The van der Waals surface area contributed by atoms with Crippen molar-refractivity contribution < 1.29 is 14.2 Å². The second kappa shape index (κ2) is 4.07. The molecule has 0 amide bonds. The fraction of sp³-hybridized carbons (Fsp3) is 0.455. The second-order valence-electron chi connectivity index (χ2n) is 3.64. The lowest BCUT2D eigenvalue weighted by Crippen LogP contribution is -2.34. The quantitative estimate of drug-likeness (QED) is 0.794. The monoisotopic (exact) mass is 196 g/mol. The lowest BCUT2D eigenvalue weighted by atomic mass is 9.85. The standard InChI is InChI=1S/C11H13FO2/c12-10-3-1-2-8(4-10)11(5-13)9-6-14-7-9/h1-4,9,11,13H,5-7H2. The predicted octanol–water partition coefficient (Wildman–Crippen LogP) is 1.55. The lowest BCUT2D eigenvalue weighted by molar-refractivity contribution is -0.0527. The van der Waals surface area contributed by atoms with Crippen LogP contribution in [0.25, 0.3) is 0 Å². The number of aliphatic hydroxyl groups is 1. The first-order chi connectivity index (χ1) is 6.81. The summed E-state index contributed by atoms with van der Waals surface area (Å²) in [5.74, 6) is 0.0995. The van der Waals surface area contributed by atoms with Crippen LogP contribution in [0.5, 0.6) is 0 Å². The number of hydrogen-bond donors (Lipinski definition) is 1. The molecule has 1 aliphatic rings. The summed E-state index contributed by atoms with van der Waals surface area (Å²) in [6.07, 6.45) is 0. The molecular formula is C11H13FO2. The van der Waals surface area contributed by atoms with Gasteiger partial charge in [0, 0.05) is 11.8 Å². The summed E-state index contributed by atoms with van der Waals surface area (Å²) in [6.45, 7) is 1.39. The van der Waals surface area contributed by atoms with Gasteiger partial charge < -0.3 is 9.84 Å². The number of rotatable bonds is 3. The van der Waals surface area contributed by atoms with Gasteiger partial charge in [-0.25, -0.2) is 4.39 Å². The van der Waals surface area contributed by atoms with Crippen LogP contribution < -0.4 is 0 Å². The van der Waals surface area contributed by atoms with Crippen LogP contribution in [0.3, 0.4) is 0 Å². The summed E-state index contributed by atoms with van der Waals surface area (Å²) < 4.78 is 18.0. The van der Waals surface area contributed by atoms with Crippen LogP contribution in [-0.2, 0) is 4.74 Å². The Balaban J connectivity index is 2.17. The molecule has 1 aromatic rings. The zero-order valence-electron chi connectivity index (χ0n) is 7.82. The molecule has 1 saturated heterocycles.